The number of carbonyl (C=O) groups is 1. The minimum absolute atomic E-state index is 0.144. The zero-order valence-electron chi connectivity index (χ0n) is 15.8. The number of methoxy groups -OCH3 is 1. The lowest BCUT2D eigenvalue weighted by Gasteiger charge is -2.31. The van der Waals surface area contributed by atoms with Crippen molar-refractivity contribution in [2.75, 3.05) is 25.5 Å². The molecule has 1 aliphatic heterocycles. The van der Waals surface area contributed by atoms with Crippen LogP contribution in [0, 0.1) is 12.8 Å². The molecule has 0 radical (unpaired) electrons. The number of nitrogens with zero attached hydrogens (tertiary/aromatic N) is 1. The zero-order chi connectivity index (χ0) is 20.3. The first kappa shape index (κ1) is 20.6. The molecule has 28 heavy (non-hydrogen) atoms. The summed E-state index contributed by atoms with van der Waals surface area (Å²) in [5.74, 6) is -0.195. The van der Waals surface area contributed by atoms with Gasteiger partial charge in [0.15, 0.2) is 0 Å². The number of aryl methyl sites for hydroxylation is 1. The van der Waals surface area contributed by atoms with Crippen LogP contribution in [0.2, 0.25) is 5.02 Å². The molecule has 1 atom stereocenters. The van der Waals surface area contributed by atoms with E-state index in [1.165, 1.54) is 11.4 Å². The quantitative estimate of drug-likeness (QED) is 0.797. The number of halogens is 1. The van der Waals surface area contributed by atoms with Crippen molar-refractivity contribution in [2.24, 2.45) is 5.92 Å². The molecule has 6 nitrogen and oxygen atoms in total. The fourth-order valence-electron chi connectivity index (χ4n) is 3.25. The van der Waals surface area contributed by atoms with Gasteiger partial charge in [-0.05, 0) is 50.1 Å². The number of rotatable bonds is 5. The van der Waals surface area contributed by atoms with Gasteiger partial charge < -0.3 is 10.1 Å². The van der Waals surface area contributed by atoms with Gasteiger partial charge in [-0.3, -0.25) is 4.79 Å². The van der Waals surface area contributed by atoms with Crippen molar-refractivity contribution in [2.45, 2.75) is 24.7 Å². The monoisotopic (exact) mass is 422 g/mol. The number of hydrogen-bond acceptors (Lipinski definition) is 4. The van der Waals surface area contributed by atoms with Crippen molar-refractivity contribution in [3.8, 4) is 5.75 Å². The molecule has 150 valence electrons. The van der Waals surface area contributed by atoms with Crippen molar-refractivity contribution < 1.29 is 17.9 Å². The Morgan fingerprint density at radius 2 is 1.93 bits per heavy atom. The van der Waals surface area contributed by atoms with E-state index in [2.05, 4.69) is 5.32 Å². The van der Waals surface area contributed by atoms with Crippen LogP contribution in [0.15, 0.2) is 47.4 Å². The SMILES string of the molecule is COc1ccc(Cl)cc1NC(=O)[C@H]1CCCN(S(=O)(=O)c2ccc(C)cc2)C1. The van der Waals surface area contributed by atoms with Crippen LogP contribution in [0.4, 0.5) is 5.69 Å². The molecule has 2 aromatic rings. The van der Waals surface area contributed by atoms with Crippen molar-refractivity contribution in [3.63, 3.8) is 0 Å². The van der Waals surface area contributed by atoms with Gasteiger partial charge in [-0.15, -0.1) is 0 Å². The van der Waals surface area contributed by atoms with Crippen molar-refractivity contribution in [1.82, 2.24) is 4.31 Å². The van der Waals surface area contributed by atoms with E-state index >= 15 is 0 Å². The minimum Gasteiger partial charge on any atom is -0.495 e. The Bertz CT molecular complexity index is 961. The third-order valence-corrected chi connectivity index (χ3v) is 6.95. The van der Waals surface area contributed by atoms with E-state index in [1.54, 1.807) is 42.5 Å². The fourth-order valence-corrected chi connectivity index (χ4v) is 4.94. The minimum atomic E-state index is -3.63. The molecule has 0 aromatic heterocycles. The summed E-state index contributed by atoms with van der Waals surface area (Å²) in [5.41, 5.74) is 1.46. The lowest BCUT2D eigenvalue weighted by atomic mass is 9.98. The molecule has 0 unspecified atom stereocenters. The van der Waals surface area contributed by atoms with Crippen LogP contribution in [0.3, 0.4) is 0 Å². The van der Waals surface area contributed by atoms with Crippen molar-refractivity contribution in [1.29, 1.82) is 0 Å². The number of carbonyl (C=O) groups excluding carboxylic acids is 1. The van der Waals surface area contributed by atoms with Crippen molar-refractivity contribution >= 4 is 33.2 Å². The number of nitrogens with one attached hydrogen (secondary N) is 1. The summed E-state index contributed by atoms with van der Waals surface area (Å²) in [7, 11) is -2.12. The normalized spacial score (nSPS) is 17.9. The Labute approximate surface area is 170 Å². The van der Waals surface area contributed by atoms with Crippen LogP contribution >= 0.6 is 11.6 Å². The smallest absolute Gasteiger partial charge is 0.243 e. The Hall–Kier alpha value is -2.09. The molecule has 1 N–H and O–H groups in total. The van der Waals surface area contributed by atoms with Gasteiger partial charge in [0, 0.05) is 18.1 Å². The van der Waals surface area contributed by atoms with Crippen LogP contribution in [0.5, 0.6) is 5.75 Å². The maximum atomic E-state index is 12.9. The Balaban J connectivity index is 1.75. The van der Waals surface area contributed by atoms with E-state index in [-0.39, 0.29) is 17.3 Å². The summed E-state index contributed by atoms with van der Waals surface area (Å²) < 4.78 is 32.5. The molecule has 8 heteroatoms. The van der Waals surface area contributed by atoms with Gasteiger partial charge in [0.25, 0.3) is 0 Å². The number of piperidine rings is 1. The van der Waals surface area contributed by atoms with Gasteiger partial charge in [-0.25, -0.2) is 8.42 Å². The third kappa shape index (κ3) is 4.48. The van der Waals surface area contributed by atoms with E-state index < -0.39 is 15.9 Å². The zero-order valence-corrected chi connectivity index (χ0v) is 17.4. The topological polar surface area (TPSA) is 75.7 Å². The van der Waals surface area contributed by atoms with Crippen LogP contribution in [-0.4, -0.2) is 38.8 Å². The van der Waals surface area contributed by atoms with E-state index in [1.807, 2.05) is 6.92 Å². The highest BCUT2D eigenvalue weighted by molar-refractivity contribution is 7.89. The number of benzene rings is 2. The Kier molecular flexibility index (Phi) is 6.27. The predicted molar refractivity (Wildman–Crippen MR) is 109 cm³/mol. The van der Waals surface area contributed by atoms with Gasteiger partial charge in [0.05, 0.1) is 23.6 Å². The van der Waals surface area contributed by atoms with Crippen LogP contribution < -0.4 is 10.1 Å². The van der Waals surface area contributed by atoms with E-state index in [9.17, 15) is 13.2 Å². The van der Waals surface area contributed by atoms with Gasteiger partial charge in [0.1, 0.15) is 5.75 Å². The number of sulfonamides is 1. The highest BCUT2D eigenvalue weighted by Gasteiger charge is 2.33. The number of anilines is 1. The average molecular weight is 423 g/mol. The summed E-state index contributed by atoms with van der Waals surface area (Å²) in [6, 6.07) is 11.7. The molecule has 0 spiro atoms. The Morgan fingerprint density at radius 3 is 2.61 bits per heavy atom. The summed E-state index contributed by atoms with van der Waals surface area (Å²) in [4.78, 5) is 13.0. The van der Waals surface area contributed by atoms with Gasteiger partial charge in [-0.2, -0.15) is 4.31 Å². The Morgan fingerprint density at radius 1 is 1.21 bits per heavy atom. The molecule has 3 rings (SSSR count). The molecule has 1 saturated heterocycles. The average Bonchev–Trinajstić information content (AvgIpc) is 2.68. The second-order valence-corrected chi connectivity index (χ2v) is 9.22. The number of amides is 1. The number of hydrogen-bond donors (Lipinski definition) is 1. The molecule has 0 saturated carbocycles. The van der Waals surface area contributed by atoms with Gasteiger partial charge >= 0.3 is 0 Å². The summed E-state index contributed by atoms with van der Waals surface area (Å²) in [5, 5.41) is 3.30. The van der Waals surface area contributed by atoms with Crippen molar-refractivity contribution in [3.05, 3.63) is 53.1 Å². The van der Waals surface area contributed by atoms with Gasteiger partial charge in [-0.1, -0.05) is 29.3 Å². The molecule has 1 fully saturated rings. The molecule has 2 aromatic carbocycles. The largest absolute Gasteiger partial charge is 0.495 e. The van der Waals surface area contributed by atoms with E-state index in [0.29, 0.717) is 35.8 Å². The number of ether oxygens (including phenoxy) is 1. The fraction of sp³-hybridized carbons (Fsp3) is 0.350. The molecule has 1 aliphatic rings. The lowest BCUT2D eigenvalue weighted by Crippen LogP contribution is -2.43. The summed E-state index contributed by atoms with van der Waals surface area (Å²) in [6.07, 6.45) is 1.24. The highest BCUT2D eigenvalue weighted by atomic mass is 35.5. The molecule has 1 heterocycles. The predicted octanol–water partition coefficient (Wildman–Crippen LogP) is 3.70. The van der Waals surface area contributed by atoms with E-state index in [0.717, 1.165) is 5.56 Å². The first-order chi connectivity index (χ1) is 13.3. The second-order valence-electron chi connectivity index (χ2n) is 6.85. The molecule has 0 bridgehead atoms. The third-order valence-electron chi connectivity index (χ3n) is 4.83. The lowest BCUT2D eigenvalue weighted by molar-refractivity contribution is -0.120. The second kappa shape index (κ2) is 8.51. The molecule has 1 amide bonds. The summed E-state index contributed by atoms with van der Waals surface area (Å²) in [6.45, 7) is 2.45. The van der Waals surface area contributed by atoms with E-state index in [4.69, 9.17) is 16.3 Å². The van der Waals surface area contributed by atoms with Gasteiger partial charge in [0.2, 0.25) is 15.9 Å². The van der Waals surface area contributed by atoms with Crippen LogP contribution in [-0.2, 0) is 14.8 Å². The maximum absolute atomic E-state index is 12.9. The standard InChI is InChI=1S/C20H23ClN2O4S/c1-14-5-8-17(9-6-14)28(25,26)23-11-3-4-15(13-23)20(24)22-18-12-16(21)7-10-19(18)27-2/h5-10,12,15H,3-4,11,13H2,1-2H3,(H,22,24)/t15-/m0/s1. The maximum Gasteiger partial charge on any atom is 0.243 e. The molecular weight excluding hydrogens is 400 g/mol. The van der Waals surface area contributed by atoms with Crippen LogP contribution in [0.25, 0.3) is 0 Å². The van der Waals surface area contributed by atoms with Crippen LogP contribution in [0.1, 0.15) is 18.4 Å². The highest BCUT2D eigenvalue weighted by Crippen LogP contribution is 2.30. The molecular formula is C20H23ClN2O4S. The first-order valence-electron chi connectivity index (χ1n) is 9.02. The molecule has 0 aliphatic carbocycles. The first-order valence-corrected chi connectivity index (χ1v) is 10.8. The summed E-state index contributed by atoms with van der Waals surface area (Å²) >= 11 is 6.01.